The van der Waals surface area contributed by atoms with E-state index in [1.54, 1.807) is 0 Å². The van der Waals surface area contributed by atoms with Gasteiger partial charge in [0.2, 0.25) is 0 Å². The molecule has 0 fully saturated rings. The van der Waals surface area contributed by atoms with E-state index < -0.39 is 0 Å². The van der Waals surface area contributed by atoms with Crippen molar-refractivity contribution in [2.75, 3.05) is 5.33 Å². The van der Waals surface area contributed by atoms with E-state index in [4.69, 9.17) is 0 Å². The molecule has 1 atom stereocenters. The van der Waals surface area contributed by atoms with Gasteiger partial charge in [0.1, 0.15) is 0 Å². The largest absolute Gasteiger partial charge is 0.0928 e. The Morgan fingerprint density at radius 3 is 2.00 bits per heavy atom. The van der Waals surface area contributed by atoms with Crippen molar-refractivity contribution in [1.82, 2.24) is 0 Å². The van der Waals surface area contributed by atoms with E-state index in [2.05, 4.69) is 29.8 Å². The van der Waals surface area contributed by atoms with E-state index in [9.17, 15) is 0 Å². The molecule has 0 aromatic heterocycles. The molecule has 0 aliphatic heterocycles. The molecule has 0 nitrogen and oxygen atoms in total. The molecule has 0 aliphatic rings. The summed E-state index contributed by atoms with van der Waals surface area (Å²) in [5.41, 5.74) is 0. The van der Waals surface area contributed by atoms with Gasteiger partial charge in [0, 0.05) is 5.33 Å². The summed E-state index contributed by atoms with van der Waals surface area (Å²) in [5.74, 6) is 0.992. The SMILES string of the molecule is CCCCCCC(CCBr)CCCC. The summed E-state index contributed by atoms with van der Waals surface area (Å²) >= 11 is 3.56. The summed E-state index contributed by atoms with van der Waals surface area (Å²) in [7, 11) is 0. The van der Waals surface area contributed by atoms with E-state index in [1.807, 2.05) is 0 Å². The lowest BCUT2D eigenvalue weighted by atomic mass is 9.93. The molecule has 0 rings (SSSR count). The minimum Gasteiger partial charge on any atom is -0.0928 e. The smallest absolute Gasteiger partial charge is 0.00339 e. The zero-order chi connectivity index (χ0) is 10.6. The third kappa shape index (κ3) is 9.05. The van der Waals surface area contributed by atoms with Gasteiger partial charge in [0.25, 0.3) is 0 Å². The maximum atomic E-state index is 3.56. The van der Waals surface area contributed by atoms with Crippen LogP contribution in [0.5, 0.6) is 0 Å². The van der Waals surface area contributed by atoms with Gasteiger partial charge in [-0.2, -0.15) is 0 Å². The van der Waals surface area contributed by atoms with Gasteiger partial charge in [-0.05, 0) is 12.3 Å². The molecule has 0 radical (unpaired) electrons. The van der Waals surface area contributed by atoms with Crippen LogP contribution in [-0.2, 0) is 0 Å². The van der Waals surface area contributed by atoms with E-state index in [1.165, 1.54) is 63.1 Å². The molecule has 0 heterocycles. The summed E-state index contributed by atoms with van der Waals surface area (Å²) in [6.45, 7) is 4.58. The third-order valence-corrected chi connectivity index (χ3v) is 3.41. The average Bonchev–Trinajstić information content (AvgIpc) is 2.20. The molecule has 0 saturated heterocycles. The van der Waals surface area contributed by atoms with Gasteiger partial charge in [-0.15, -0.1) is 0 Å². The average molecular weight is 263 g/mol. The summed E-state index contributed by atoms with van der Waals surface area (Å²) in [4.78, 5) is 0. The predicted octanol–water partition coefficient (Wildman–Crippen LogP) is 5.55. The number of hydrogen-bond donors (Lipinski definition) is 0. The highest BCUT2D eigenvalue weighted by Crippen LogP contribution is 2.21. The first-order valence-corrected chi connectivity index (χ1v) is 7.53. The molecular formula is C13H27Br. The summed E-state index contributed by atoms with van der Waals surface area (Å²) in [6, 6.07) is 0. The van der Waals surface area contributed by atoms with Crippen molar-refractivity contribution in [2.24, 2.45) is 5.92 Å². The zero-order valence-corrected chi connectivity index (χ0v) is 11.6. The number of alkyl halides is 1. The highest BCUT2D eigenvalue weighted by Gasteiger charge is 2.06. The first kappa shape index (κ1) is 14.5. The Morgan fingerprint density at radius 1 is 0.786 bits per heavy atom. The van der Waals surface area contributed by atoms with Crippen LogP contribution in [0.15, 0.2) is 0 Å². The van der Waals surface area contributed by atoms with Crippen molar-refractivity contribution in [3.05, 3.63) is 0 Å². The van der Waals surface area contributed by atoms with E-state index in [-0.39, 0.29) is 0 Å². The van der Waals surface area contributed by atoms with Crippen LogP contribution in [0.25, 0.3) is 0 Å². The Balaban J connectivity index is 3.40. The Kier molecular flexibility index (Phi) is 12.0. The normalized spacial score (nSPS) is 13.1. The van der Waals surface area contributed by atoms with Crippen LogP contribution in [0.2, 0.25) is 0 Å². The van der Waals surface area contributed by atoms with Crippen molar-refractivity contribution in [3.8, 4) is 0 Å². The molecule has 14 heavy (non-hydrogen) atoms. The molecule has 0 amide bonds. The number of rotatable bonds is 10. The van der Waals surface area contributed by atoms with Crippen molar-refractivity contribution in [3.63, 3.8) is 0 Å². The lowest BCUT2D eigenvalue weighted by molar-refractivity contribution is 0.405. The molecule has 0 bridgehead atoms. The third-order valence-electron chi connectivity index (χ3n) is 2.95. The van der Waals surface area contributed by atoms with Crippen LogP contribution < -0.4 is 0 Å². The van der Waals surface area contributed by atoms with Gasteiger partial charge < -0.3 is 0 Å². The molecule has 0 aliphatic carbocycles. The van der Waals surface area contributed by atoms with Crippen LogP contribution in [0.3, 0.4) is 0 Å². The summed E-state index contributed by atoms with van der Waals surface area (Å²) < 4.78 is 0. The van der Waals surface area contributed by atoms with Gasteiger partial charge in [-0.1, -0.05) is 81.1 Å². The number of unbranched alkanes of at least 4 members (excludes halogenated alkanes) is 4. The fourth-order valence-electron chi connectivity index (χ4n) is 1.94. The Morgan fingerprint density at radius 2 is 1.43 bits per heavy atom. The topological polar surface area (TPSA) is 0 Å². The molecule has 1 heteroatoms. The highest BCUT2D eigenvalue weighted by atomic mass is 79.9. The van der Waals surface area contributed by atoms with E-state index in [0.29, 0.717) is 0 Å². The fraction of sp³-hybridized carbons (Fsp3) is 1.00. The van der Waals surface area contributed by atoms with Crippen LogP contribution in [-0.4, -0.2) is 5.33 Å². The Labute approximate surface area is 99.0 Å². The Hall–Kier alpha value is 0.480. The molecule has 0 aromatic rings. The maximum absolute atomic E-state index is 3.56. The lowest BCUT2D eigenvalue weighted by Gasteiger charge is -2.14. The van der Waals surface area contributed by atoms with Gasteiger partial charge in [0.05, 0.1) is 0 Å². The molecular weight excluding hydrogens is 236 g/mol. The van der Waals surface area contributed by atoms with Crippen molar-refractivity contribution < 1.29 is 0 Å². The quantitative estimate of drug-likeness (QED) is 0.358. The minimum absolute atomic E-state index is 0.992. The maximum Gasteiger partial charge on any atom is 0.00339 e. The number of hydrogen-bond acceptors (Lipinski definition) is 0. The Bertz CT molecular complexity index is 101. The molecule has 0 aromatic carbocycles. The predicted molar refractivity (Wildman–Crippen MR) is 70.2 cm³/mol. The van der Waals surface area contributed by atoms with Gasteiger partial charge in [-0.25, -0.2) is 0 Å². The molecule has 1 unspecified atom stereocenters. The molecule has 86 valence electrons. The first-order chi connectivity index (χ1) is 6.85. The van der Waals surface area contributed by atoms with Crippen LogP contribution in [0, 0.1) is 5.92 Å². The molecule has 0 N–H and O–H groups in total. The highest BCUT2D eigenvalue weighted by molar-refractivity contribution is 9.09. The van der Waals surface area contributed by atoms with Crippen molar-refractivity contribution in [2.45, 2.75) is 71.6 Å². The van der Waals surface area contributed by atoms with Crippen LogP contribution >= 0.6 is 15.9 Å². The number of halogens is 1. The summed E-state index contributed by atoms with van der Waals surface area (Å²) in [6.07, 6.45) is 12.8. The second-order valence-electron chi connectivity index (χ2n) is 4.34. The van der Waals surface area contributed by atoms with E-state index in [0.717, 1.165) is 5.92 Å². The summed E-state index contributed by atoms with van der Waals surface area (Å²) in [5, 5.41) is 1.19. The van der Waals surface area contributed by atoms with Crippen LogP contribution in [0.4, 0.5) is 0 Å². The monoisotopic (exact) mass is 262 g/mol. The lowest BCUT2D eigenvalue weighted by Crippen LogP contribution is -2.01. The molecule has 0 spiro atoms. The zero-order valence-electron chi connectivity index (χ0n) is 10.0. The van der Waals surface area contributed by atoms with Gasteiger partial charge >= 0.3 is 0 Å². The van der Waals surface area contributed by atoms with Crippen molar-refractivity contribution >= 4 is 15.9 Å². The van der Waals surface area contributed by atoms with Crippen LogP contribution in [0.1, 0.15) is 71.6 Å². The standard InChI is InChI=1S/C13H27Br/c1-3-5-7-8-10-13(11-12-14)9-6-4-2/h13H,3-12H2,1-2H3. The molecule has 0 saturated carbocycles. The van der Waals surface area contributed by atoms with E-state index >= 15 is 0 Å². The minimum atomic E-state index is 0.992. The van der Waals surface area contributed by atoms with Crippen molar-refractivity contribution in [1.29, 1.82) is 0 Å². The van der Waals surface area contributed by atoms with Gasteiger partial charge in [0.15, 0.2) is 0 Å². The first-order valence-electron chi connectivity index (χ1n) is 6.41. The fourth-order valence-corrected chi connectivity index (χ4v) is 2.59. The second-order valence-corrected chi connectivity index (χ2v) is 5.13. The second kappa shape index (κ2) is 11.6. The van der Waals surface area contributed by atoms with Gasteiger partial charge in [-0.3, -0.25) is 0 Å².